The molecule has 0 unspecified atom stereocenters. The van der Waals surface area contributed by atoms with Gasteiger partial charge in [0.25, 0.3) is 5.69 Å². The second-order valence-corrected chi connectivity index (χ2v) is 4.62. The SMILES string of the molecule is COc1cc([N+](=O)[O-])ccc1Oc1c(F)cccc1CBr. The van der Waals surface area contributed by atoms with Crippen LogP contribution >= 0.6 is 15.9 Å². The van der Waals surface area contributed by atoms with Crippen LogP contribution in [0, 0.1) is 15.9 Å². The van der Waals surface area contributed by atoms with Gasteiger partial charge in [0.2, 0.25) is 0 Å². The molecule has 0 amide bonds. The van der Waals surface area contributed by atoms with Gasteiger partial charge < -0.3 is 9.47 Å². The average Bonchev–Trinajstić information content (AvgIpc) is 2.49. The van der Waals surface area contributed by atoms with E-state index in [0.29, 0.717) is 10.9 Å². The number of hydrogen-bond acceptors (Lipinski definition) is 4. The normalized spacial score (nSPS) is 10.2. The number of nitrogens with zero attached hydrogens (tertiary/aromatic N) is 1. The van der Waals surface area contributed by atoms with Crippen LogP contribution in [0.5, 0.6) is 17.2 Å². The molecule has 0 bridgehead atoms. The van der Waals surface area contributed by atoms with Crippen LogP contribution in [-0.4, -0.2) is 12.0 Å². The van der Waals surface area contributed by atoms with E-state index in [1.165, 1.54) is 31.4 Å². The molecule has 0 aliphatic rings. The molecule has 0 radical (unpaired) electrons. The summed E-state index contributed by atoms with van der Waals surface area (Å²) >= 11 is 3.25. The number of nitro benzene ring substituents is 1. The first kappa shape index (κ1) is 15.2. The van der Waals surface area contributed by atoms with Crippen molar-refractivity contribution in [1.82, 2.24) is 0 Å². The van der Waals surface area contributed by atoms with Crippen molar-refractivity contribution < 1.29 is 18.8 Å². The number of ether oxygens (including phenoxy) is 2. The van der Waals surface area contributed by atoms with E-state index in [2.05, 4.69) is 15.9 Å². The molecule has 0 N–H and O–H groups in total. The number of methoxy groups -OCH3 is 1. The maximum atomic E-state index is 13.9. The van der Waals surface area contributed by atoms with Crippen molar-refractivity contribution in [3.8, 4) is 17.2 Å². The Morgan fingerprint density at radius 3 is 2.67 bits per heavy atom. The predicted molar refractivity (Wildman–Crippen MR) is 78.8 cm³/mol. The molecule has 21 heavy (non-hydrogen) atoms. The molecule has 0 spiro atoms. The Kier molecular flexibility index (Phi) is 4.74. The maximum Gasteiger partial charge on any atom is 0.273 e. The van der Waals surface area contributed by atoms with Crippen molar-refractivity contribution in [2.45, 2.75) is 5.33 Å². The Morgan fingerprint density at radius 1 is 1.29 bits per heavy atom. The Balaban J connectivity index is 2.42. The molecule has 0 aliphatic heterocycles. The summed E-state index contributed by atoms with van der Waals surface area (Å²) in [5, 5.41) is 11.1. The van der Waals surface area contributed by atoms with E-state index < -0.39 is 10.7 Å². The summed E-state index contributed by atoms with van der Waals surface area (Å²) in [6.07, 6.45) is 0. The number of alkyl halides is 1. The van der Waals surface area contributed by atoms with E-state index in [-0.39, 0.29) is 22.9 Å². The number of non-ortho nitro benzene ring substituents is 1. The van der Waals surface area contributed by atoms with Gasteiger partial charge in [0, 0.05) is 17.0 Å². The summed E-state index contributed by atoms with van der Waals surface area (Å²) in [5.41, 5.74) is 0.490. The Hall–Kier alpha value is -2.15. The number of halogens is 2. The van der Waals surface area contributed by atoms with Crippen LogP contribution in [0.4, 0.5) is 10.1 Å². The quantitative estimate of drug-likeness (QED) is 0.452. The molecule has 0 saturated heterocycles. The summed E-state index contributed by atoms with van der Waals surface area (Å²) < 4.78 is 24.5. The highest BCUT2D eigenvalue weighted by atomic mass is 79.9. The zero-order chi connectivity index (χ0) is 15.4. The molecule has 0 fully saturated rings. The predicted octanol–water partition coefficient (Wildman–Crippen LogP) is 4.43. The fourth-order valence-corrected chi connectivity index (χ4v) is 2.18. The number of rotatable bonds is 5. The largest absolute Gasteiger partial charge is 0.493 e. The van der Waals surface area contributed by atoms with Gasteiger partial charge in [-0.1, -0.05) is 28.1 Å². The monoisotopic (exact) mass is 355 g/mol. The van der Waals surface area contributed by atoms with Crippen molar-refractivity contribution in [2.75, 3.05) is 7.11 Å². The summed E-state index contributed by atoms with van der Waals surface area (Å²) in [6, 6.07) is 8.44. The second kappa shape index (κ2) is 6.53. The van der Waals surface area contributed by atoms with E-state index in [1.807, 2.05) is 0 Å². The van der Waals surface area contributed by atoms with E-state index in [1.54, 1.807) is 12.1 Å². The molecule has 0 atom stereocenters. The Labute approximate surface area is 128 Å². The lowest BCUT2D eigenvalue weighted by Crippen LogP contribution is -1.97. The van der Waals surface area contributed by atoms with Gasteiger partial charge in [-0.05, 0) is 12.1 Å². The van der Waals surface area contributed by atoms with Crippen molar-refractivity contribution in [3.63, 3.8) is 0 Å². The van der Waals surface area contributed by atoms with Gasteiger partial charge in [-0.3, -0.25) is 10.1 Å². The van der Waals surface area contributed by atoms with E-state index in [9.17, 15) is 14.5 Å². The van der Waals surface area contributed by atoms with Gasteiger partial charge >= 0.3 is 0 Å². The lowest BCUT2D eigenvalue weighted by molar-refractivity contribution is -0.384. The molecule has 5 nitrogen and oxygen atoms in total. The molecule has 110 valence electrons. The molecule has 0 aliphatic carbocycles. The number of nitro groups is 1. The van der Waals surface area contributed by atoms with Gasteiger partial charge in [-0.15, -0.1) is 0 Å². The Bertz CT molecular complexity index is 678. The van der Waals surface area contributed by atoms with Gasteiger partial charge in [0.15, 0.2) is 23.1 Å². The number of para-hydroxylation sites is 1. The molecule has 0 aromatic heterocycles. The molecule has 0 saturated carbocycles. The van der Waals surface area contributed by atoms with E-state index >= 15 is 0 Å². The minimum absolute atomic E-state index is 0.0570. The minimum atomic E-state index is -0.542. The van der Waals surface area contributed by atoms with Crippen LogP contribution in [0.15, 0.2) is 36.4 Å². The third-order valence-electron chi connectivity index (χ3n) is 2.76. The third-order valence-corrected chi connectivity index (χ3v) is 3.37. The van der Waals surface area contributed by atoms with Gasteiger partial charge in [-0.25, -0.2) is 4.39 Å². The fraction of sp³-hybridized carbons (Fsp3) is 0.143. The summed E-state index contributed by atoms with van der Waals surface area (Å²) in [6.45, 7) is 0. The van der Waals surface area contributed by atoms with Crippen LogP contribution in [-0.2, 0) is 5.33 Å². The fourth-order valence-electron chi connectivity index (χ4n) is 1.74. The van der Waals surface area contributed by atoms with Crippen LogP contribution in [0.3, 0.4) is 0 Å². The van der Waals surface area contributed by atoms with E-state index in [0.717, 1.165) is 0 Å². The standard InChI is InChI=1S/C14H11BrFNO4/c1-20-13-7-10(17(18)19)5-6-12(13)21-14-9(8-15)3-2-4-11(14)16/h2-7H,8H2,1H3. The number of benzene rings is 2. The van der Waals surface area contributed by atoms with E-state index in [4.69, 9.17) is 9.47 Å². The molecular formula is C14H11BrFNO4. The van der Waals surface area contributed by atoms with Crippen molar-refractivity contribution in [3.05, 3.63) is 57.9 Å². The highest BCUT2D eigenvalue weighted by molar-refractivity contribution is 9.08. The van der Waals surface area contributed by atoms with Crippen molar-refractivity contribution in [1.29, 1.82) is 0 Å². The van der Waals surface area contributed by atoms with Gasteiger partial charge in [0.05, 0.1) is 18.1 Å². The first-order chi connectivity index (χ1) is 10.1. The lowest BCUT2D eigenvalue weighted by atomic mass is 10.2. The Morgan fingerprint density at radius 2 is 2.05 bits per heavy atom. The minimum Gasteiger partial charge on any atom is -0.493 e. The summed E-state index contributed by atoms with van der Waals surface area (Å²) in [4.78, 5) is 10.2. The molecule has 7 heteroatoms. The first-order valence-corrected chi connectivity index (χ1v) is 7.02. The molecule has 0 heterocycles. The first-order valence-electron chi connectivity index (χ1n) is 5.90. The molecule has 2 aromatic carbocycles. The summed E-state index contributed by atoms with van der Waals surface area (Å²) in [5.74, 6) is -0.0998. The zero-order valence-electron chi connectivity index (χ0n) is 11.0. The topological polar surface area (TPSA) is 61.6 Å². The lowest BCUT2D eigenvalue weighted by Gasteiger charge is -2.13. The highest BCUT2D eigenvalue weighted by Crippen LogP contribution is 2.37. The highest BCUT2D eigenvalue weighted by Gasteiger charge is 2.16. The number of hydrogen-bond donors (Lipinski definition) is 0. The van der Waals surface area contributed by atoms with Crippen LogP contribution in [0.1, 0.15) is 5.56 Å². The second-order valence-electron chi connectivity index (χ2n) is 4.06. The maximum absolute atomic E-state index is 13.9. The van der Waals surface area contributed by atoms with Crippen molar-refractivity contribution >= 4 is 21.6 Å². The summed E-state index contributed by atoms with van der Waals surface area (Å²) in [7, 11) is 1.36. The average molecular weight is 356 g/mol. The molecular weight excluding hydrogens is 345 g/mol. The molecule has 2 rings (SSSR count). The van der Waals surface area contributed by atoms with Gasteiger partial charge in [-0.2, -0.15) is 0 Å². The van der Waals surface area contributed by atoms with Crippen LogP contribution < -0.4 is 9.47 Å². The zero-order valence-corrected chi connectivity index (χ0v) is 12.6. The molecule has 2 aromatic rings. The van der Waals surface area contributed by atoms with Crippen LogP contribution in [0.25, 0.3) is 0 Å². The van der Waals surface area contributed by atoms with Crippen LogP contribution in [0.2, 0.25) is 0 Å². The van der Waals surface area contributed by atoms with Gasteiger partial charge in [0.1, 0.15) is 0 Å². The third kappa shape index (κ3) is 3.30. The van der Waals surface area contributed by atoms with Crippen molar-refractivity contribution in [2.24, 2.45) is 0 Å². The smallest absolute Gasteiger partial charge is 0.273 e.